The minimum Gasteiger partial charge on any atom is -0.469 e. The Morgan fingerprint density at radius 3 is 2.59 bits per heavy atom. The van der Waals surface area contributed by atoms with Crippen LogP contribution in [0.15, 0.2) is 24.3 Å². The summed E-state index contributed by atoms with van der Waals surface area (Å²) in [6, 6.07) is 7.74. The lowest BCUT2D eigenvalue weighted by molar-refractivity contribution is -0.145. The topological polar surface area (TPSA) is 55.6 Å². The molecule has 0 radical (unpaired) electrons. The zero-order valence-corrected chi connectivity index (χ0v) is 10.2. The molecule has 92 valence electrons. The van der Waals surface area contributed by atoms with Crippen molar-refractivity contribution in [3.63, 3.8) is 0 Å². The first-order valence-electron chi connectivity index (χ1n) is 5.73. The molecule has 0 unspecified atom stereocenters. The number of likely N-dealkylation sites (tertiary alicyclic amines) is 1. The molecule has 1 aromatic carbocycles. The molecule has 0 saturated carbocycles. The van der Waals surface area contributed by atoms with Crippen LogP contribution in [-0.4, -0.2) is 38.1 Å². The standard InChI is InChI=1S/C13H18N2O2/c1-15-7-11(12(8-15)13(16)17-2)9-3-5-10(14)6-4-9/h3-6,11-12H,7-8,14H2,1-2H3/t11-,12-/m0/s1. The maximum absolute atomic E-state index is 11.7. The second-order valence-electron chi connectivity index (χ2n) is 4.62. The van der Waals surface area contributed by atoms with Gasteiger partial charge in [-0.25, -0.2) is 0 Å². The van der Waals surface area contributed by atoms with E-state index in [1.807, 2.05) is 31.3 Å². The van der Waals surface area contributed by atoms with Gasteiger partial charge in [0.2, 0.25) is 0 Å². The molecule has 1 saturated heterocycles. The van der Waals surface area contributed by atoms with Crippen LogP contribution in [0.3, 0.4) is 0 Å². The largest absolute Gasteiger partial charge is 0.469 e. The Morgan fingerprint density at radius 2 is 2.00 bits per heavy atom. The van der Waals surface area contributed by atoms with E-state index in [0.29, 0.717) is 0 Å². The number of likely N-dealkylation sites (N-methyl/N-ethyl adjacent to an activating group) is 1. The Balaban J connectivity index is 2.23. The zero-order valence-electron chi connectivity index (χ0n) is 10.2. The van der Waals surface area contributed by atoms with Gasteiger partial charge in [-0.05, 0) is 24.7 Å². The van der Waals surface area contributed by atoms with Crippen molar-refractivity contribution in [1.82, 2.24) is 4.90 Å². The molecule has 0 amide bonds. The summed E-state index contributed by atoms with van der Waals surface area (Å²) in [4.78, 5) is 13.9. The molecule has 1 fully saturated rings. The number of ether oxygens (including phenoxy) is 1. The van der Waals surface area contributed by atoms with E-state index in [4.69, 9.17) is 10.5 Å². The SMILES string of the molecule is COC(=O)[C@H]1CN(C)C[C@H]1c1ccc(N)cc1. The fraction of sp³-hybridized carbons (Fsp3) is 0.462. The van der Waals surface area contributed by atoms with Gasteiger partial charge in [0.15, 0.2) is 0 Å². The molecule has 0 aromatic heterocycles. The molecule has 2 N–H and O–H groups in total. The van der Waals surface area contributed by atoms with Crippen molar-refractivity contribution in [3.05, 3.63) is 29.8 Å². The minimum absolute atomic E-state index is 0.0753. The van der Waals surface area contributed by atoms with E-state index < -0.39 is 0 Å². The number of carbonyl (C=O) groups is 1. The van der Waals surface area contributed by atoms with Gasteiger partial charge in [-0.2, -0.15) is 0 Å². The highest BCUT2D eigenvalue weighted by atomic mass is 16.5. The third kappa shape index (κ3) is 2.42. The van der Waals surface area contributed by atoms with E-state index in [1.165, 1.54) is 7.11 Å². The van der Waals surface area contributed by atoms with Gasteiger partial charge in [-0.15, -0.1) is 0 Å². The molecule has 1 heterocycles. The maximum atomic E-state index is 11.7. The van der Waals surface area contributed by atoms with E-state index >= 15 is 0 Å². The molecular weight excluding hydrogens is 216 g/mol. The summed E-state index contributed by atoms with van der Waals surface area (Å²) in [7, 11) is 3.47. The van der Waals surface area contributed by atoms with Crippen molar-refractivity contribution in [2.75, 3.05) is 33.0 Å². The Hall–Kier alpha value is -1.55. The molecule has 2 atom stereocenters. The second-order valence-corrected chi connectivity index (χ2v) is 4.62. The number of benzene rings is 1. The van der Waals surface area contributed by atoms with Crippen molar-refractivity contribution in [2.24, 2.45) is 5.92 Å². The Labute approximate surface area is 101 Å². The average molecular weight is 234 g/mol. The number of nitrogen functional groups attached to an aromatic ring is 1. The van der Waals surface area contributed by atoms with Gasteiger partial charge in [0.1, 0.15) is 0 Å². The number of anilines is 1. The van der Waals surface area contributed by atoms with E-state index in [9.17, 15) is 4.79 Å². The van der Waals surface area contributed by atoms with Crippen LogP contribution in [0.25, 0.3) is 0 Å². The van der Waals surface area contributed by atoms with Crippen LogP contribution in [0.2, 0.25) is 0 Å². The monoisotopic (exact) mass is 234 g/mol. The normalized spacial score (nSPS) is 24.8. The minimum atomic E-state index is -0.129. The predicted octanol–water partition coefficient (Wildman–Crippen LogP) is 1.09. The van der Waals surface area contributed by atoms with E-state index in [1.54, 1.807) is 0 Å². The fourth-order valence-electron chi connectivity index (χ4n) is 2.47. The lowest BCUT2D eigenvalue weighted by Gasteiger charge is -2.16. The van der Waals surface area contributed by atoms with Crippen molar-refractivity contribution < 1.29 is 9.53 Å². The number of esters is 1. The summed E-state index contributed by atoms with van der Waals surface area (Å²) in [5, 5.41) is 0. The summed E-state index contributed by atoms with van der Waals surface area (Å²) in [6.07, 6.45) is 0. The molecule has 0 bridgehead atoms. The number of hydrogen-bond acceptors (Lipinski definition) is 4. The first kappa shape index (κ1) is 11.9. The van der Waals surface area contributed by atoms with Crippen molar-refractivity contribution in [3.8, 4) is 0 Å². The van der Waals surface area contributed by atoms with Crippen molar-refractivity contribution in [1.29, 1.82) is 0 Å². The van der Waals surface area contributed by atoms with E-state index in [2.05, 4.69) is 4.90 Å². The Morgan fingerprint density at radius 1 is 1.35 bits per heavy atom. The van der Waals surface area contributed by atoms with Crippen LogP contribution in [-0.2, 0) is 9.53 Å². The lowest BCUT2D eigenvalue weighted by Crippen LogP contribution is -2.23. The van der Waals surface area contributed by atoms with Gasteiger partial charge >= 0.3 is 5.97 Å². The molecule has 4 heteroatoms. The van der Waals surface area contributed by atoms with Crippen molar-refractivity contribution in [2.45, 2.75) is 5.92 Å². The Bertz CT molecular complexity index is 402. The number of methoxy groups -OCH3 is 1. The molecule has 2 rings (SSSR count). The van der Waals surface area contributed by atoms with Crippen molar-refractivity contribution >= 4 is 11.7 Å². The van der Waals surface area contributed by atoms with Crippen LogP contribution in [0.1, 0.15) is 11.5 Å². The average Bonchev–Trinajstić information content (AvgIpc) is 2.71. The summed E-state index contributed by atoms with van der Waals surface area (Å²) in [5.41, 5.74) is 7.57. The second kappa shape index (κ2) is 4.75. The van der Waals surface area contributed by atoms with Gasteiger partial charge < -0.3 is 15.4 Å². The summed E-state index contributed by atoms with van der Waals surface area (Å²) in [6.45, 7) is 1.63. The lowest BCUT2D eigenvalue weighted by atomic mass is 9.89. The van der Waals surface area contributed by atoms with Crippen LogP contribution < -0.4 is 5.73 Å². The van der Waals surface area contributed by atoms with Gasteiger partial charge in [-0.1, -0.05) is 12.1 Å². The number of nitrogens with two attached hydrogens (primary N) is 1. The van der Waals surface area contributed by atoms with Crippen LogP contribution in [0.4, 0.5) is 5.69 Å². The van der Waals surface area contributed by atoms with Gasteiger partial charge in [0, 0.05) is 24.7 Å². The van der Waals surface area contributed by atoms with Gasteiger partial charge in [0.05, 0.1) is 13.0 Å². The third-order valence-electron chi connectivity index (χ3n) is 3.37. The Kier molecular flexibility index (Phi) is 3.33. The first-order valence-corrected chi connectivity index (χ1v) is 5.73. The first-order chi connectivity index (χ1) is 8.11. The molecule has 1 aromatic rings. The molecule has 0 spiro atoms. The third-order valence-corrected chi connectivity index (χ3v) is 3.37. The number of hydrogen-bond donors (Lipinski definition) is 1. The highest BCUT2D eigenvalue weighted by Crippen LogP contribution is 2.32. The summed E-state index contributed by atoms with van der Waals surface area (Å²) < 4.78 is 4.87. The predicted molar refractivity (Wildman–Crippen MR) is 66.6 cm³/mol. The van der Waals surface area contributed by atoms with Crippen LogP contribution in [0, 0.1) is 5.92 Å². The number of carbonyl (C=O) groups excluding carboxylic acids is 1. The molecule has 1 aliphatic heterocycles. The fourth-order valence-corrected chi connectivity index (χ4v) is 2.47. The van der Waals surface area contributed by atoms with E-state index in [-0.39, 0.29) is 17.8 Å². The highest BCUT2D eigenvalue weighted by molar-refractivity contribution is 5.74. The molecular formula is C13H18N2O2. The summed E-state index contributed by atoms with van der Waals surface area (Å²) >= 11 is 0. The quantitative estimate of drug-likeness (QED) is 0.614. The maximum Gasteiger partial charge on any atom is 0.310 e. The van der Waals surface area contributed by atoms with E-state index in [0.717, 1.165) is 24.3 Å². The number of rotatable bonds is 2. The summed E-state index contributed by atoms with van der Waals surface area (Å²) in [5.74, 6) is -0.00199. The molecule has 0 aliphatic carbocycles. The highest BCUT2D eigenvalue weighted by Gasteiger charge is 2.37. The smallest absolute Gasteiger partial charge is 0.310 e. The molecule has 4 nitrogen and oxygen atoms in total. The molecule has 1 aliphatic rings. The molecule has 17 heavy (non-hydrogen) atoms. The number of nitrogens with zero attached hydrogens (tertiary/aromatic N) is 1. The van der Waals surface area contributed by atoms with Gasteiger partial charge in [0.25, 0.3) is 0 Å². The van der Waals surface area contributed by atoms with Gasteiger partial charge in [-0.3, -0.25) is 4.79 Å². The van der Waals surface area contributed by atoms with Crippen LogP contribution in [0.5, 0.6) is 0 Å². The zero-order chi connectivity index (χ0) is 12.4. The van der Waals surface area contributed by atoms with Crippen LogP contribution >= 0.6 is 0 Å².